The molecular weight excluding hydrogens is 250 g/mol. The van der Waals surface area contributed by atoms with Crippen LogP contribution < -0.4 is 10.6 Å². The highest BCUT2D eigenvalue weighted by molar-refractivity contribution is 5.87. The van der Waals surface area contributed by atoms with Crippen LogP contribution in [0, 0.1) is 0 Å². The highest BCUT2D eigenvalue weighted by Gasteiger charge is 2.32. The minimum absolute atomic E-state index is 0.0646. The van der Waals surface area contributed by atoms with E-state index in [2.05, 4.69) is 10.6 Å². The Balaban J connectivity index is 2.50. The van der Waals surface area contributed by atoms with Crippen LogP contribution in [0.2, 0.25) is 0 Å². The molecule has 1 atom stereocenters. The molecule has 1 aliphatic heterocycles. The number of carbonyl (C=O) groups is 3. The third kappa shape index (κ3) is 5.25. The largest absolute Gasteiger partial charge is 0.481 e. The minimum atomic E-state index is -1.04. The van der Waals surface area contributed by atoms with E-state index in [1.54, 1.807) is 4.90 Å². The van der Waals surface area contributed by atoms with Crippen molar-refractivity contribution in [1.82, 2.24) is 15.5 Å². The Hall–Kier alpha value is -1.63. The Morgan fingerprint density at radius 3 is 2.89 bits per heavy atom. The van der Waals surface area contributed by atoms with E-state index in [-0.39, 0.29) is 24.8 Å². The van der Waals surface area contributed by atoms with Crippen LogP contribution in [-0.2, 0) is 14.4 Å². The normalized spacial score (nSPS) is 19.8. The molecule has 7 heteroatoms. The summed E-state index contributed by atoms with van der Waals surface area (Å²) >= 11 is 0. The lowest BCUT2D eigenvalue weighted by Gasteiger charge is -2.33. The maximum atomic E-state index is 11.7. The lowest BCUT2D eigenvalue weighted by molar-refractivity contribution is -0.144. The van der Waals surface area contributed by atoms with Crippen molar-refractivity contribution >= 4 is 17.8 Å². The molecule has 19 heavy (non-hydrogen) atoms. The van der Waals surface area contributed by atoms with Crippen LogP contribution in [-0.4, -0.2) is 60.0 Å². The Bertz CT molecular complexity index is 346. The number of carboxylic acid groups (broad SMARTS) is 1. The molecule has 0 aliphatic carbocycles. The van der Waals surface area contributed by atoms with E-state index in [1.807, 2.05) is 6.92 Å². The van der Waals surface area contributed by atoms with Crippen LogP contribution in [0.5, 0.6) is 0 Å². The Morgan fingerprint density at radius 1 is 1.53 bits per heavy atom. The van der Waals surface area contributed by atoms with Crippen LogP contribution in [0.15, 0.2) is 0 Å². The van der Waals surface area contributed by atoms with E-state index < -0.39 is 12.0 Å². The summed E-state index contributed by atoms with van der Waals surface area (Å²) in [6.07, 6.45) is 1.62. The number of carbonyl (C=O) groups excluding carboxylic acids is 2. The van der Waals surface area contributed by atoms with Gasteiger partial charge in [-0.1, -0.05) is 13.3 Å². The first-order valence-electron chi connectivity index (χ1n) is 6.54. The zero-order valence-electron chi connectivity index (χ0n) is 11.1. The predicted octanol–water partition coefficient (Wildman–Crippen LogP) is -0.822. The number of piperazine rings is 1. The smallest absolute Gasteiger partial charge is 0.305 e. The Morgan fingerprint density at radius 2 is 2.26 bits per heavy atom. The second-order valence-corrected chi connectivity index (χ2v) is 4.58. The monoisotopic (exact) mass is 271 g/mol. The number of nitrogens with one attached hydrogen (secondary N) is 2. The van der Waals surface area contributed by atoms with Crippen LogP contribution in [0.4, 0.5) is 0 Å². The van der Waals surface area contributed by atoms with Crippen LogP contribution in [0.1, 0.15) is 26.2 Å². The van der Waals surface area contributed by atoms with Gasteiger partial charge in [0.2, 0.25) is 11.8 Å². The Labute approximate surface area is 112 Å². The molecule has 1 saturated heterocycles. The van der Waals surface area contributed by atoms with Crippen LogP contribution in [0.3, 0.4) is 0 Å². The number of amides is 2. The lowest BCUT2D eigenvalue weighted by atomic mass is 10.1. The summed E-state index contributed by atoms with van der Waals surface area (Å²) in [4.78, 5) is 35.7. The second kappa shape index (κ2) is 7.73. The summed E-state index contributed by atoms with van der Waals surface area (Å²) in [7, 11) is 0. The van der Waals surface area contributed by atoms with E-state index in [1.165, 1.54) is 0 Å². The molecule has 1 rings (SSSR count). The van der Waals surface area contributed by atoms with Gasteiger partial charge in [0.1, 0.15) is 6.04 Å². The quantitative estimate of drug-likeness (QED) is 0.525. The van der Waals surface area contributed by atoms with Gasteiger partial charge in [-0.05, 0) is 6.42 Å². The van der Waals surface area contributed by atoms with Gasteiger partial charge < -0.3 is 15.7 Å². The topological polar surface area (TPSA) is 98.7 Å². The fourth-order valence-corrected chi connectivity index (χ4v) is 1.98. The maximum absolute atomic E-state index is 11.7. The van der Waals surface area contributed by atoms with Gasteiger partial charge in [0.05, 0.1) is 13.0 Å². The van der Waals surface area contributed by atoms with Gasteiger partial charge in [0, 0.05) is 19.6 Å². The molecule has 0 bridgehead atoms. The molecule has 0 aromatic heterocycles. The van der Waals surface area contributed by atoms with Crippen LogP contribution >= 0.6 is 0 Å². The molecule has 2 amide bonds. The zero-order valence-corrected chi connectivity index (χ0v) is 11.1. The van der Waals surface area contributed by atoms with E-state index in [4.69, 9.17) is 5.11 Å². The summed E-state index contributed by atoms with van der Waals surface area (Å²) in [5.74, 6) is -1.54. The van der Waals surface area contributed by atoms with Gasteiger partial charge in [-0.25, -0.2) is 0 Å². The maximum Gasteiger partial charge on any atom is 0.305 e. The molecular formula is C12H21N3O4. The second-order valence-electron chi connectivity index (χ2n) is 4.58. The van der Waals surface area contributed by atoms with E-state index in [0.717, 1.165) is 12.8 Å². The van der Waals surface area contributed by atoms with Crippen molar-refractivity contribution in [2.45, 2.75) is 32.2 Å². The van der Waals surface area contributed by atoms with Crippen molar-refractivity contribution in [2.24, 2.45) is 0 Å². The number of rotatable bonds is 7. The third-order valence-electron chi connectivity index (χ3n) is 3.01. The summed E-state index contributed by atoms with van der Waals surface area (Å²) in [6, 6.07) is -0.761. The molecule has 1 unspecified atom stereocenters. The minimum Gasteiger partial charge on any atom is -0.481 e. The van der Waals surface area contributed by atoms with Gasteiger partial charge in [0.15, 0.2) is 0 Å². The van der Waals surface area contributed by atoms with Gasteiger partial charge in [0.25, 0.3) is 0 Å². The Kier molecular flexibility index (Phi) is 6.27. The molecule has 0 aromatic carbocycles. The lowest BCUT2D eigenvalue weighted by Crippen LogP contribution is -2.57. The first-order chi connectivity index (χ1) is 9.04. The standard InChI is InChI=1S/C12H21N3O4/c1-2-3-4-13-10(16)8-15-6-5-14-12(19)9(15)7-11(17)18/h9H,2-8H2,1H3,(H,13,16)(H,14,19)(H,17,18). The molecule has 3 N–H and O–H groups in total. The molecule has 108 valence electrons. The number of nitrogens with zero attached hydrogens (tertiary/aromatic N) is 1. The van der Waals surface area contributed by atoms with Crippen molar-refractivity contribution < 1.29 is 19.5 Å². The highest BCUT2D eigenvalue weighted by atomic mass is 16.4. The predicted molar refractivity (Wildman–Crippen MR) is 68.5 cm³/mol. The molecule has 0 spiro atoms. The summed E-state index contributed by atoms with van der Waals surface area (Å²) in [6.45, 7) is 3.64. The SMILES string of the molecule is CCCCNC(=O)CN1CCNC(=O)C1CC(=O)O. The van der Waals surface area contributed by atoms with Crippen LogP contribution in [0.25, 0.3) is 0 Å². The van der Waals surface area contributed by atoms with Crippen molar-refractivity contribution in [3.05, 3.63) is 0 Å². The number of unbranched alkanes of at least 4 members (excludes halogenated alkanes) is 1. The number of hydrogen-bond acceptors (Lipinski definition) is 4. The average Bonchev–Trinajstić information content (AvgIpc) is 2.33. The van der Waals surface area contributed by atoms with E-state index in [9.17, 15) is 14.4 Å². The molecule has 1 aliphatic rings. The van der Waals surface area contributed by atoms with Gasteiger partial charge >= 0.3 is 5.97 Å². The number of aliphatic carboxylic acids is 1. The average molecular weight is 271 g/mol. The van der Waals surface area contributed by atoms with Crippen molar-refractivity contribution in [3.63, 3.8) is 0 Å². The first-order valence-corrected chi connectivity index (χ1v) is 6.54. The van der Waals surface area contributed by atoms with Gasteiger partial charge in [-0.15, -0.1) is 0 Å². The van der Waals surface area contributed by atoms with Gasteiger partial charge in [-0.2, -0.15) is 0 Å². The van der Waals surface area contributed by atoms with Gasteiger partial charge in [-0.3, -0.25) is 19.3 Å². The number of carboxylic acids is 1. The fraction of sp³-hybridized carbons (Fsp3) is 0.750. The summed E-state index contributed by atoms with van der Waals surface area (Å²) in [5, 5.41) is 14.2. The van der Waals surface area contributed by atoms with Crippen molar-refractivity contribution in [1.29, 1.82) is 0 Å². The zero-order chi connectivity index (χ0) is 14.3. The molecule has 7 nitrogen and oxygen atoms in total. The fourth-order valence-electron chi connectivity index (χ4n) is 1.98. The number of hydrogen-bond donors (Lipinski definition) is 3. The first kappa shape index (κ1) is 15.4. The van der Waals surface area contributed by atoms with Crippen molar-refractivity contribution in [2.75, 3.05) is 26.2 Å². The van der Waals surface area contributed by atoms with Crippen molar-refractivity contribution in [3.8, 4) is 0 Å². The molecule has 0 saturated carbocycles. The summed E-state index contributed by atoms with van der Waals surface area (Å²) in [5.41, 5.74) is 0. The molecule has 1 fully saturated rings. The summed E-state index contributed by atoms with van der Waals surface area (Å²) < 4.78 is 0. The molecule has 0 aromatic rings. The molecule has 1 heterocycles. The molecule has 0 radical (unpaired) electrons. The van der Waals surface area contributed by atoms with E-state index in [0.29, 0.717) is 19.6 Å². The highest BCUT2D eigenvalue weighted by Crippen LogP contribution is 2.08. The third-order valence-corrected chi connectivity index (χ3v) is 3.01. The van der Waals surface area contributed by atoms with E-state index >= 15 is 0 Å².